The Labute approximate surface area is 127 Å². The van der Waals surface area contributed by atoms with Gasteiger partial charge in [-0.15, -0.1) is 0 Å². The fourth-order valence-electron chi connectivity index (χ4n) is 2.74. The lowest BCUT2D eigenvalue weighted by Crippen LogP contribution is -2.39. The smallest absolute Gasteiger partial charge is 0.306 e. The van der Waals surface area contributed by atoms with Crippen molar-refractivity contribution in [3.05, 3.63) is 65.2 Å². The van der Waals surface area contributed by atoms with E-state index >= 15 is 0 Å². The van der Waals surface area contributed by atoms with Crippen LogP contribution in [0.3, 0.4) is 0 Å². The maximum absolute atomic E-state index is 6.19. The van der Waals surface area contributed by atoms with Crippen LogP contribution in [0.1, 0.15) is 18.4 Å². The van der Waals surface area contributed by atoms with Gasteiger partial charge in [-0.2, -0.15) is 4.57 Å². The van der Waals surface area contributed by atoms with Crippen molar-refractivity contribution in [2.45, 2.75) is 19.9 Å². The van der Waals surface area contributed by atoms with Crippen LogP contribution < -0.4 is 9.30 Å². The lowest BCUT2D eigenvalue weighted by molar-refractivity contribution is -0.671. The SMILES string of the molecule is CC1=C(Oc2ccccc2)c2sc3ccccc3[n+]2CC1. The molecule has 21 heavy (non-hydrogen) atoms. The van der Waals surface area contributed by atoms with Crippen LogP contribution >= 0.6 is 11.3 Å². The summed E-state index contributed by atoms with van der Waals surface area (Å²) in [4.78, 5) is 0. The standard InChI is InChI=1S/C18H16NOS/c1-13-11-12-19-15-9-5-6-10-16(15)21-18(19)17(13)20-14-7-3-2-4-8-14/h2-10H,11-12H2,1H3/q+1. The molecule has 0 fully saturated rings. The van der Waals surface area contributed by atoms with E-state index in [4.69, 9.17) is 4.74 Å². The van der Waals surface area contributed by atoms with Crippen molar-refractivity contribution >= 4 is 27.3 Å². The number of aryl methyl sites for hydroxylation is 1. The summed E-state index contributed by atoms with van der Waals surface area (Å²) in [6.45, 7) is 3.21. The maximum atomic E-state index is 6.19. The van der Waals surface area contributed by atoms with E-state index in [9.17, 15) is 0 Å². The molecule has 0 unspecified atom stereocenters. The molecule has 0 spiro atoms. The summed E-state index contributed by atoms with van der Waals surface area (Å²) in [6, 6.07) is 18.6. The molecule has 2 heterocycles. The molecule has 0 radical (unpaired) electrons. The highest BCUT2D eigenvalue weighted by Crippen LogP contribution is 2.33. The molecule has 0 saturated heterocycles. The number of hydrogen-bond acceptors (Lipinski definition) is 2. The second-order valence-corrected chi connectivity index (χ2v) is 6.33. The number of aromatic nitrogens is 1. The van der Waals surface area contributed by atoms with E-state index in [1.165, 1.54) is 20.8 Å². The van der Waals surface area contributed by atoms with Crippen LogP contribution in [0.25, 0.3) is 16.0 Å². The zero-order valence-corrected chi connectivity index (χ0v) is 12.7. The van der Waals surface area contributed by atoms with Gasteiger partial charge in [0.2, 0.25) is 11.3 Å². The van der Waals surface area contributed by atoms with Crippen LogP contribution in [0, 0.1) is 0 Å². The van der Waals surface area contributed by atoms with Crippen molar-refractivity contribution in [1.82, 2.24) is 0 Å². The predicted octanol–water partition coefficient (Wildman–Crippen LogP) is 4.40. The number of rotatable bonds is 2. The minimum atomic E-state index is 0.901. The quantitative estimate of drug-likeness (QED) is 0.638. The van der Waals surface area contributed by atoms with Gasteiger partial charge < -0.3 is 4.74 Å². The summed E-state index contributed by atoms with van der Waals surface area (Å²) >= 11 is 1.81. The van der Waals surface area contributed by atoms with Crippen LogP contribution in [0.15, 0.2) is 60.2 Å². The topological polar surface area (TPSA) is 13.1 Å². The van der Waals surface area contributed by atoms with Gasteiger partial charge in [0.05, 0.1) is 0 Å². The average Bonchev–Trinajstić information content (AvgIpc) is 2.90. The first-order valence-electron chi connectivity index (χ1n) is 7.17. The summed E-state index contributed by atoms with van der Waals surface area (Å²) in [5, 5.41) is 1.23. The van der Waals surface area contributed by atoms with Gasteiger partial charge in [0.1, 0.15) is 10.4 Å². The highest BCUT2D eigenvalue weighted by molar-refractivity contribution is 7.19. The molecule has 0 N–H and O–H groups in total. The van der Waals surface area contributed by atoms with Crippen LogP contribution in [-0.4, -0.2) is 0 Å². The molecule has 0 aliphatic carbocycles. The van der Waals surface area contributed by atoms with Gasteiger partial charge in [0, 0.05) is 12.5 Å². The average molecular weight is 294 g/mol. The number of thiazole rings is 1. The Hall–Kier alpha value is -2.13. The molecule has 0 bridgehead atoms. The molecule has 1 aliphatic heterocycles. The second-order valence-electron chi connectivity index (χ2n) is 5.30. The molecular formula is C18H16NOS+. The highest BCUT2D eigenvalue weighted by atomic mass is 32.1. The summed E-state index contributed by atoms with van der Waals surface area (Å²) in [7, 11) is 0. The number of para-hydroxylation sites is 2. The molecule has 2 nitrogen and oxygen atoms in total. The number of benzene rings is 2. The third kappa shape index (κ3) is 2.14. The monoisotopic (exact) mass is 294 g/mol. The first kappa shape index (κ1) is 12.6. The van der Waals surface area contributed by atoms with Crippen molar-refractivity contribution in [1.29, 1.82) is 0 Å². The van der Waals surface area contributed by atoms with Crippen LogP contribution in [0.5, 0.6) is 5.75 Å². The molecule has 0 atom stereocenters. The summed E-state index contributed by atoms with van der Waals surface area (Å²) in [6.07, 6.45) is 1.04. The molecular weight excluding hydrogens is 278 g/mol. The third-order valence-corrected chi connectivity index (χ3v) is 5.03. The van der Waals surface area contributed by atoms with Crippen molar-refractivity contribution in [3.8, 4) is 5.75 Å². The molecule has 4 rings (SSSR count). The van der Waals surface area contributed by atoms with Gasteiger partial charge in [-0.05, 0) is 30.7 Å². The number of allylic oxidation sites excluding steroid dienone is 1. The largest absolute Gasteiger partial charge is 0.449 e. The molecule has 0 amide bonds. The van der Waals surface area contributed by atoms with Crippen molar-refractivity contribution in [3.63, 3.8) is 0 Å². The molecule has 1 aromatic heterocycles. The lowest BCUT2D eigenvalue weighted by Gasteiger charge is -2.14. The van der Waals surface area contributed by atoms with E-state index < -0.39 is 0 Å². The molecule has 3 heteroatoms. The van der Waals surface area contributed by atoms with Crippen molar-refractivity contribution in [2.24, 2.45) is 0 Å². The number of fused-ring (bicyclic) bond motifs is 3. The van der Waals surface area contributed by atoms with Gasteiger partial charge in [0.25, 0.3) is 0 Å². The minimum absolute atomic E-state index is 0.901. The summed E-state index contributed by atoms with van der Waals surface area (Å²) < 4.78 is 9.89. The number of hydrogen-bond donors (Lipinski definition) is 0. The number of nitrogens with zero attached hydrogens (tertiary/aromatic N) is 1. The second kappa shape index (κ2) is 5.01. The molecule has 1 aliphatic rings. The van der Waals surface area contributed by atoms with Gasteiger partial charge >= 0.3 is 5.01 Å². The number of ether oxygens (including phenoxy) is 1. The normalized spacial score (nSPS) is 14.3. The van der Waals surface area contributed by atoms with E-state index in [1.54, 1.807) is 0 Å². The zero-order valence-electron chi connectivity index (χ0n) is 11.9. The van der Waals surface area contributed by atoms with E-state index in [0.717, 1.165) is 24.5 Å². The molecule has 3 aromatic rings. The van der Waals surface area contributed by atoms with E-state index in [-0.39, 0.29) is 0 Å². The third-order valence-electron chi connectivity index (χ3n) is 3.86. The first-order valence-corrected chi connectivity index (χ1v) is 7.99. The minimum Gasteiger partial charge on any atom is -0.449 e. The predicted molar refractivity (Wildman–Crippen MR) is 86.3 cm³/mol. The van der Waals surface area contributed by atoms with Gasteiger partial charge in [-0.3, -0.25) is 0 Å². The van der Waals surface area contributed by atoms with E-state index in [0.29, 0.717) is 0 Å². The Morgan fingerprint density at radius 1 is 1.00 bits per heavy atom. The Balaban J connectivity index is 1.84. The summed E-state index contributed by atoms with van der Waals surface area (Å²) in [5.41, 5.74) is 2.63. The fourth-order valence-corrected chi connectivity index (χ4v) is 3.98. The van der Waals surface area contributed by atoms with Gasteiger partial charge in [-0.1, -0.05) is 41.7 Å². The van der Waals surface area contributed by atoms with Crippen LogP contribution in [0.4, 0.5) is 0 Å². The van der Waals surface area contributed by atoms with Gasteiger partial charge in [-0.25, -0.2) is 0 Å². The Morgan fingerprint density at radius 3 is 2.62 bits per heavy atom. The lowest BCUT2D eigenvalue weighted by atomic mass is 10.1. The van der Waals surface area contributed by atoms with Gasteiger partial charge in [0.15, 0.2) is 6.54 Å². The molecule has 104 valence electrons. The van der Waals surface area contributed by atoms with E-state index in [2.05, 4.69) is 35.8 Å². The molecule has 0 saturated carbocycles. The van der Waals surface area contributed by atoms with Crippen LogP contribution in [-0.2, 0) is 6.54 Å². The first-order chi connectivity index (χ1) is 10.3. The Bertz CT molecular complexity index is 833. The van der Waals surface area contributed by atoms with Crippen molar-refractivity contribution in [2.75, 3.05) is 0 Å². The highest BCUT2D eigenvalue weighted by Gasteiger charge is 2.30. The zero-order chi connectivity index (χ0) is 14.2. The summed E-state index contributed by atoms with van der Waals surface area (Å²) in [5.74, 6) is 1.92. The Morgan fingerprint density at radius 2 is 1.76 bits per heavy atom. The van der Waals surface area contributed by atoms with Crippen LogP contribution in [0.2, 0.25) is 0 Å². The van der Waals surface area contributed by atoms with Crippen molar-refractivity contribution < 1.29 is 9.30 Å². The molecule has 2 aromatic carbocycles. The van der Waals surface area contributed by atoms with E-state index in [1.807, 2.05) is 41.7 Å². The Kier molecular flexibility index (Phi) is 3.00. The maximum Gasteiger partial charge on any atom is 0.306 e. The fraction of sp³-hybridized carbons (Fsp3) is 0.167.